The molecule has 0 aliphatic carbocycles. The zero-order valence-corrected chi connectivity index (χ0v) is 13.2. The Morgan fingerprint density at radius 3 is 2.96 bits per heavy atom. The van der Waals surface area contributed by atoms with Crippen molar-refractivity contribution in [1.82, 2.24) is 4.98 Å². The first-order valence-electron chi connectivity index (χ1n) is 7.78. The summed E-state index contributed by atoms with van der Waals surface area (Å²) in [6.07, 6.45) is 2.74. The lowest BCUT2D eigenvalue weighted by Gasteiger charge is -2.21. The van der Waals surface area contributed by atoms with Gasteiger partial charge in [0.1, 0.15) is 17.6 Å². The molecule has 5 nitrogen and oxygen atoms in total. The molecule has 3 rings (SSSR count). The van der Waals surface area contributed by atoms with Gasteiger partial charge < -0.3 is 15.0 Å². The Labute approximate surface area is 136 Å². The smallest absolute Gasteiger partial charge is 0.142 e. The molecule has 5 heteroatoms. The minimum atomic E-state index is 0.567. The van der Waals surface area contributed by atoms with Crippen molar-refractivity contribution in [1.29, 1.82) is 5.26 Å². The predicted octanol–water partition coefficient (Wildman–Crippen LogP) is 2.90. The van der Waals surface area contributed by atoms with Gasteiger partial charge in [0.2, 0.25) is 0 Å². The Bertz CT molecular complexity index is 693. The maximum atomic E-state index is 8.78. The summed E-state index contributed by atoms with van der Waals surface area (Å²) < 4.78 is 5.45. The third kappa shape index (κ3) is 3.54. The molecule has 0 amide bonds. The molecule has 23 heavy (non-hydrogen) atoms. The van der Waals surface area contributed by atoms with Gasteiger partial charge in [-0.3, -0.25) is 0 Å². The number of para-hydroxylation sites is 2. The number of nitrogens with zero attached hydrogens (tertiary/aromatic N) is 3. The highest BCUT2D eigenvalue weighted by molar-refractivity contribution is 5.59. The molecular formula is C18H20N4O. The minimum Gasteiger partial charge on any atom is -0.495 e. The van der Waals surface area contributed by atoms with Gasteiger partial charge in [-0.25, -0.2) is 4.98 Å². The molecule has 1 aromatic heterocycles. The van der Waals surface area contributed by atoms with Gasteiger partial charge >= 0.3 is 0 Å². The Morgan fingerprint density at radius 2 is 2.22 bits per heavy atom. The van der Waals surface area contributed by atoms with E-state index in [4.69, 9.17) is 10.00 Å². The van der Waals surface area contributed by atoms with E-state index in [0.717, 1.165) is 43.3 Å². The fourth-order valence-corrected chi connectivity index (χ4v) is 2.92. The van der Waals surface area contributed by atoms with E-state index in [9.17, 15) is 0 Å². The lowest BCUT2D eigenvalue weighted by atomic mass is 10.1. The van der Waals surface area contributed by atoms with Crippen molar-refractivity contribution < 1.29 is 4.74 Å². The predicted molar refractivity (Wildman–Crippen MR) is 90.8 cm³/mol. The van der Waals surface area contributed by atoms with Crippen molar-refractivity contribution in [3.05, 3.63) is 48.2 Å². The second-order valence-corrected chi connectivity index (χ2v) is 5.70. The third-order valence-corrected chi connectivity index (χ3v) is 4.18. The molecule has 118 valence electrons. The maximum Gasteiger partial charge on any atom is 0.142 e. The summed E-state index contributed by atoms with van der Waals surface area (Å²) in [6.45, 7) is 2.92. The van der Waals surface area contributed by atoms with Gasteiger partial charge in [0.25, 0.3) is 0 Å². The summed E-state index contributed by atoms with van der Waals surface area (Å²) in [4.78, 5) is 6.62. The minimum absolute atomic E-state index is 0.567. The molecule has 0 radical (unpaired) electrons. The Balaban J connectivity index is 1.56. The molecule has 0 spiro atoms. The molecule has 1 aliphatic rings. The summed E-state index contributed by atoms with van der Waals surface area (Å²) in [6, 6.07) is 13.9. The Hall–Kier alpha value is -2.74. The van der Waals surface area contributed by atoms with Gasteiger partial charge in [-0.1, -0.05) is 12.1 Å². The van der Waals surface area contributed by atoms with Crippen LogP contribution in [0, 0.1) is 17.2 Å². The van der Waals surface area contributed by atoms with E-state index in [2.05, 4.69) is 27.3 Å². The lowest BCUT2D eigenvalue weighted by Crippen LogP contribution is -2.23. The van der Waals surface area contributed by atoms with Crippen molar-refractivity contribution in [3.8, 4) is 11.8 Å². The molecule has 0 bridgehead atoms. The number of nitrogens with one attached hydrogen (secondary N) is 1. The number of pyridine rings is 1. The molecular weight excluding hydrogens is 288 g/mol. The standard InChI is InChI=1S/C18H20N4O/c1-23-17-5-3-2-4-16(17)22-9-8-15(13-22)12-21-18-7-6-14(10-19)11-20-18/h2-7,11,15H,8-9,12-13H2,1H3,(H,20,21)/t15-/m1/s1. The number of benzene rings is 1. The summed E-state index contributed by atoms with van der Waals surface area (Å²) in [5, 5.41) is 12.1. The van der Waals surface area contributed by atoms with Crippen LogP contribution in [0.25, 0.3) is 0 Å². The van der Waals surface area contributed by atoms with Crippen LogP contribution in [0.3, 0.4) is 0 Å². The van der Waals surface area contributed by atoms with Crippen LogP contribution in [0.1, 0.15) is 12.0 Å². The number of hydrogen-bond donors (Lipinski definition) is 1. The van der Waals surface area contributed by atoms with Crippen LogP contribution in [0.4, 0.5) is 11.5 Å². The van der Waals surface area contributed by atoms with Crippen molar-refractivity contribution in [2.45, 2.75) is 6.42 Å². The van der Waals surface area contributed by atoms with Gasteiger partial charge in [0.05, 0.1) is 18.4 Å². The summed E-state index contributed by atoms with van der Waals surface area (Å²) >= 11 is 0. The molecule has 1 aliphatic heterocycles. The number of ether oxygens (including phenoxy) is 1. The van der Waals surface area contributed by atoms with Crippen LogP contribution in [0.5, 0.6) is 5.75 Å². The van der Waals surface area contributed by atoms with Gasteiger partial charge in [-0.15, -0.1) is 0 Å². The van der Waals surface area contributed by atoms with Crippen molar-refractivity contribution in [3.63, 3.8) is 0 Å². The average molecular weight is 308 g/mol. The lowest BCUT2D eigenvalue weighted by molar-refractivity contribution is 0.414. The third-order valence-electron chi connectivity index (χ3n) is 4.18. The fourth-order valence-electron chi connectivity index (χ4n) is 2.92. The number of methoxy groups -OCH3 is 1. The largest absolute Gasteiger partial charge is 0.495 e. The van der Waals surface area contributed by atoms with Gasteiger partial charge in [0, 0.05) is 25.8 Å². The van der Waals surface area contributed by atoms with E-state index in [1.54, 1.807) is 19.4 Å². The monoisotopic (exact) mass is 308 g/mol. The molecule has 1 fully saturated rings. The van der Waals surface area contributed by atoms with Crippen LogP contribution in [0.2, 0.25) is 0 Å². The second-order valence-electron chi connectivity index (χ2n) is 5.70. The molecule has 0 unspecified atom stereocenters. The Morgan fingerprint density at radius 1 is 1.35 bits per heavy atom. The second kappa shape index (κ2) is 7.01. The first-order valence-corrected chi connectivity index (χ1v) is 7.78. The van der Waals surface area contributed by atoms with E-state index in [1.807, 2.05) is 24.3 Å². The van der Waals surface area contributed by atoms with Gasteiger partial charge in [-0.05, 0) is 36.6 Å². The maximum absolute atomic E-state index is 8.78. The van der Waals surface area contributed by atoms with Crippen LogP contribution in [0.15, 0.2) is 42.6 Å². The highest BCUT2D eigenvalue weighted by Gasteiger charge is 2.24. The highest BCUT2D eigenvalue weighted by Crippen LogP contribution is 2.31. The number of rotatable bonds is 5. The van der Waals surface area contributed by atoms with Crippen LogP contribution < -0.4 is 15.0 Å². The van der Waals surface area contributed by atoms with Crippen molar-refractivity contribution >= 4 is 11.5 Å². The van der Waals surface area contributed by atoms with Crippen LogP contribution in [-0.4, -0.2) is 31.7 Å². The zero-order chi connectivity index (χ0) is 16.1. The molecule has 1 N–H and O–H groups in total. The molecule has 2 heterocycles. The van der Waals surface area contributed by atoms with Crippen LogP contribution in [-0.2, 0) is 0 Å². The molecule has 1 saturated heterocycles. The number of aromatic nitrogens is 1. The molecule has 0 saturated carbocycles. The summed E-state index contributed by atoms with van der Waals surface area (Å²) in [7, 11) is 1.71. The van der Waals surface area contributed by atoms with E-state index in [0.29, 0.717) is 11.5 Å². The average Bonchev–Trinajstić information content (AvgIpc) is 3.09. The van der Waals surface area contributed by atoms with E-state index >= 15 is 0 Å². The van der Waals surface area contributed by atoms with Crippen molar-refractivity contribution in [2.75, 3.05) is 37.0 Å². The molecule has 2 aromatic rings. The van der Waals surface area contributed by atoms with Crippen LogP contribution >= 0.6 is 0 Å². The number of nitriles is 1. The summed E-state index contributed by atoms with van der Waals surface area (Å²) in [5.41, 5.74) is 1.74. The van der Waals surface area contributed by atoms with Gasteiger partial charge in [-0.2, -0.15) is 5.26 Å². The first-order chi connectivity index (χ1) is 11.3. The summed E-state index contributed by atoms with van der Waals surface area (Å²) in [5.74, 6) is 2.31. The quantitative estimate of drug-likeness (QED) is 0.920. The SMILES string of the molecule is COc1ccccc1N1CC[C@H](CNc2ccc(C#N)cn2)C1. The first kappa shape index (κ1) is 15.2. The fraction of sp³-hybridized carbons (Fsp3) is 0.333. The van der Waals surface area contributed by atoms with E-state index in [1.165, 1.54) is 0 Å². The van der Waals surface area contributed by atoms with E-state index in [-0.39, 0.29) is 0 Å². The normalized spacial score (nSPS) is 16.9. The zero-order valence-electron chi connectivity index (χ0n) is 13.2. The van der Waals surface area contributed by atoms with E-state index < -0.39 is 0 Å². The molecule has 1 atom stereocenters. The molecule has 1 aromatic carbocycles. The topological polar surface area (TPSA) is 61.2 Å². The van der Waals surface area contributed by atoms with Crippen molar-refractivity contribution in [2.24, 2.45) is 5.92 Å². The Kier molecular flexibility index (Phi) is 4.62. The number of hydrogen-bond acceptors (Lipinski definition) is 5. The number of anilines is 2. The van der Waals surface area contributed by atoms with Gasteiger partial charge in [0.15, 0.2) is 0 Å². The highest BCUT2D eigenvalue weighted by atomic mass is 16.5.